The maximum absolute atomic E-state index is 11.4. The summed E-state index contributed by atoms with van der Waals surface area (Å²) >= 11 is 0. The third-order valence-electron chi connectivity index (χ3n) is 1.95. The maximum Gasteiger partial charge on any atom is 0.240 e. The van der Waals surface area contributed by atoms with E-state index in [1.807, 2.05) is 0 Å². The number of hydrogen-bond acceptors (Lipinski definition) is 4. The summed E-state index contributed by atoms with van der Waals surface area (Å²) in [7, 11) is 1.59. The minimum absolute atomic E-state index is 0.0697. The third-order valence-corrected chi connectivity index (χ3v) is 1.95. The average molecular weight is 212 g/mol. The van der Waals surface area contributed by atoms with Crippen molar-refractivity contribution in [2.45, 2.75) is 13.1 Å². The van der Waals surface area contributed by atoms with Crippen molar-refractivity contribution >= 4 is 5.91 Å². The number of aromatic nitrogens is 2. The SMILES string of the molecule is COCCNC(=O)Cn1cncc1CN. The number of imidazole rings is 1. The summed E-state index contributed by atoms with van der Waals surface area (Å²) in [5.74, 6) is -0.0697. The van der Waals surface area contributed by atoms with E-state index in [0.717, 1.165) is 5.69 Å². The highest BCUT2D eigenvalue weighted by Crippen LogP contribution is 1.96. The van der Waals surface area contributed by atoms with E-state index < -0.39 is 0 Å². The number of nitrogens with zero attached hydrogens (tertiary/aromatic N) is 2. The highest BCUT2D eigenvalue weighted by Gasteiger charge is 2.05. The number of hydrogen-bond donors (Lipinski definition) is 2. The molecule has 84 valence electrons. The number of methoxy groups -OCH3 is 1. The van der Waals surface area contributed by atoms with E-state index in [1.165, 1.54) is 0 Å². The second-order valence-corrected chi connectivity index (χ2v) is 3.06. The summed E-state index contributed by atoms with van der Waals surface area (Å²) in [6.45, 7) is 1.66. The molecule has 0 aliphatic heterocycles. The lowest BCUT2D eigenvalue weighted by molar-refractivity contribution is -0.121. The van der Waals surface area contributed by atoms with Gasteiger partial charge in [0.05, 0.1) is 18.6 Å². The van der Waals surface area contributed by atoms with Crippen molar-refractivity contribution in [2.75, 3.05) is 20.3 Å². The molecule has 1 heterocycles. The summed E-state index contributed by atoms with van der Waals surface area (Å²) in [4.78, 5) is 15.3. The fraction of sp³-hybridized carbons (Fsp3) is 0.556. The van der Waals surface area contributed by atoms with Crippen molar-refractivity contribution in [3.05, 3.63) is 18.2 Å². The van der Waals surface area contributed by atoms with E-state index in [1.54, 1.807) is 24.2 Å². The minimum atomic E-state index is -0.0697. The number of nitrogens with one attached hydrogen (secondary N) is 1. The molecule has 0 fully saturated rings. The average Bonchev–Trinajstić information content (AvgIpc) is 2.65. The van der Waals surface area contributed by atoms with Gasteiger partial charge in [0.1, 0.15) is 6.54 Å². The van der Waals surface area contributed by atoms with Gasteiger partial charge in [-0.25, -0.2) is 4.98 Å². The van der Waals surface area contributed by atoms with Crippen LogP contribution in [0.15, 0.2) is 12.5 Å². The molecule has 0 aliphatic rings. The van der Waals surface area contributed by atoms with Crippen LogP contribution in [0.3, 0.4) is 0 Å². The van der Waals surface area contributed by atoms with Gasteiger partial charge >= 0.3 is 0 Å². The van der Waals surface area contributed by atoms with Crippen molar-refractivity contribution in [2.24, 2.45) is 5.73 Å². The second-order valence-electron chi connectivity index (χ2n) is 3.06. The highest BCUT2D eigenvalue weighted by molar-refractivity contribution is 5.75. The molecule has 0 bridgehead atoms. The van der Waals surface area contributed by atoms with Gasteiger partial charge in [0.2, 0.25) is 5.91 Å². The molecular weight excluding hydrogens is 196 g/mol. The number of carbonyl (C=O) groups is 1. The van der Waals surface area contributed by atoms with Gasteiger partial charge in [-0.1, -0.05) is 0 Å². The second kappa shape index (κ2) is 6.15. The Kier molecular flexibility index (Phi) is 4.79. The summed E-state index contributed by atoms with van der Waals surface area (Å²) in [5, 5.41) is 2.72. The molecule has 1 aromatic heterocycles. The topological polar surface area (TPSA) is 82.2 Å². The van der Waals surface area contributed by atoms with Crippen molar-refractivity contribution in [3.63, 3.8) is 0 Å². The van der Waals surface area contributed by atoms with E-state index in [-0.39, 0.29) is 12.5 Å². The van der Waals surface area contributed by atoms with Crippen LogP contribution >= 0.6 is 0 Å². The smallest absolute Gasteiger partial charge is 0.240 e. The quantitative estimate of drug-likeness (QED) is 0.599. The van der Waals surface area contributed by atoms with Crippen LogP contribution in [-0.4, -0.2) is 35.7 Å². The number of rotatable bonds is 6. The molecule has 1 amide bonds. The first-order valence-corrected chi connectivity index (χ1v) is 4.72. The number of ether oxygens (including phenoxy) is 1. The Morgan fingerprint density at radius 3 is 3.20 bits per heavy atom. The summed E-state index contributed by atoms with van der Waals surface area (Å²) < 4.78 is 6.54. The number of nitrogens with two attached hydrogens (primary N) is 1. The Morgan fingerprint density at radius 2 is 2.53 bits per heavy atom. The van der Waals surface area contributed by atoms with Crippen LogP contribution in [-0.2, 0) is 22.6 Å². The van der Waals surface area contributed by atoms with Crippen molar-refractivity contribution in [1.82, 2.24) is 14.9 Å². The fourth-order valence-corrected chi connectivity index (χ4v) is 1.16. The predicted molar refractivity (Wildman–Crippen MR) is 55.0 cm³/mol. The Bertz CT molecular complexity index is 311. The van der Waals surface area contributed by atoms with Gasteiger partial charge in [-0.15, -0.1) is 0 Å². The van der Waals surface area contributed by atoms with Crippen LogP contribution in [0.5, 0.6) is 0 Å². The molecule has 1 rings (SSSR count). The van der Waals surface area contributed by atoms with Gasteiger partial charge in [-0.2, -0.15) is 0 Å². The molecule has 6 nitrogen and oxygen atoms in total. The lowest BCUT2D eigenvalue weighted by atomic mass is 10.4. The maximum atomic E-state index is 11.4. The molecule has 6 heteroatoms. The lowest BCUT2D eigenvalue weighted by Gasteiger charge is -2.07. The first kappa shape index (κ1) is 11.7. The molecule has 0 saturated heterocycles. The van der Waals surface area contributed by atoms with Gasteiger partial charge < -0.3 is 20.4 Å². The van der Waals surface area contributed by atoms with Crippen LogP contribution in [0.25, 0.3) is 0 Å². The van der Waals surface area contributed by atoms with E-state index in [9.17, 15) is 4.79 Å². The molecule has 0 aromatic carbocycles. The van der Waals surface area contributed by atoms with Crippen LogP contribution in [0.4, 0.5) is 0 Å². The first-order chi connectivity index (χ1) is 7.27. The van der Waals surface area contributed by atoms with Gasteiger partial charge in [-0.05, 0) is 0 Å². The van der Waals surface area contributed by atoms with Crippen molar-refractivity contribution in [3.8, 4) is 0 Å². The Hall–Kier alpha value is -1.40. The third kappa shape index (κ3) is 3.69. The molecule has 0 saturated carbocycles. The van der Waals surface area contributed by atoms with E-state index in [4.69, 9.17) is 10.5 Å². The number of amides is 1. The highest BCUT2D eigenvalue weighted by atomic mass is 16.5. The lowest BCUT2D eigenvalue weighted by Crippen LogP contribution is -2.30. The Labute approximate surface area is 88.4 Å². The van der Waals surface area contributed by atoms with Gasteiger partial charge in [0.25, 0.3) is 0 Å². The zero-order valence-corrected chi connectivity index (χ0v) is 8.77. The molecule has 0 unspecified atom stereocenters. The summed E-state index contributed by atoms with van der Waals surface area (Å²) in [6.07, 6.45) is 3.25. The van der Waals surface area contributed by atoms with Crippen LogP contribution in [0, 0.1) is 0 Å². The predicted octanol–water partition coefficient (Wildman–Crippen LogP) is -0.896. The molecule has 3 N–H and O–H groups in total. The van der Waals surface area contributed by atoms with Gasteiger partial charge in [0, 0.05) is 26.4 Å². The number of carbonyl (C=O) groups excluding carboxylic acids is 1. The van der Waals surface area contributed by atoms with Crippen molar-refractivity contribution < 1.29 is 9.53 Å². The van der Waals surface area contributed by atoms with Crippen molar-refractivity contribution in [1.29, 1.82) is 0 Å². The normalized spacial score (nSPS) is 10.3. The van der Waals surface area contributed by atoms with Crippen LogP contribution < -0.4 is 11.1 Å². The molecule has 1 aromatic rings. The van der Waals surface area contributed by atoms with E-state index in [0.29, 0.717) is 19.7 Å². The Balaban J connectivity index is 2.37. The molecular formula is C9H16N4O2. The van der Waals surface area contributed by atoms with Gasteiger partial charge in [0.15, 0.2) is 0 Å². The van der Waals surface area contributed by atoms with E-state index in [2.05, 4.69) is 10.3 Å². The van der Waals surface area contributed by atoms with Crippen LogP contribution in [0.1, 0.15) is 5.69 Å². The molecule has 0 aliphatic carbocycles. The summed E-state index contributed by atoms with van der Waals surface area (Å²) in [5.41, 5.74) is 6.32. The monoisotopic (exact) mass is 212 g/mol. The minimum Gasteiger partial charge on any atom is -0.383 e. The standard InChI is InChI=1S/C9H16N4O2/c1-15-3-2-12-9(14)6-13-7-11-5-8(13)4-10/h5,7H,2-4,6,10H2,1H3,(H,12,14). The summed E-state index contributed by atoms with van der Waals surface area (Å²) in [6, 6.07) is 0. The molecule has 0 spiro atoms. The largest absolute Gasteiger partial charge is 0.383 e. The Morgan fingerprint density at radius 1 is 1.73 bits per heavy atom. The zero-order valence-electron chi connectivity index (χ0n) is 8.77. The molecule has 0 atom stereocenters. The van der Waals surface area contributed by atoms with Gasteiger partial charge in [-0.3, -0.25) is 4.79 Å². The van der Waals surface area contributed by atoms with E-state index >= 15 is 0 Å². The first-order valence-electron chi connectivity index (χ1n) is 4.72. The van der Waals surface area contributed by atoms with Crippen LogP contribution in [0.2, 0.25) is 0 Å². The fourth-order valence-electron chi connectivity index (χ4n) is 1.16. The molecule has 0 radical (unpaired) electrons. The zero-order chi connectivity index (χ0) is 11.1. The molecule has 15 heavy (non-hydrogen) atoms.